The van der Waals surface area contributed by atoms with Crippen LogP contribution in [0.3, 0.4) is 0 Å². The average molecular weight is 357 g/mol. The fourth-order valence-corrected chi connectivity index (χ4v) is 2.78. The number of nitrogens with two attached hydrogens (primary N) is 1. The smallest absolute Gasteiger partial charge is 0.328 e. The summed E-state index contributed by atoms with van der Waals surface area (Å²) in [6.07, 6.45) is 2.20. The van der Waals surface area contributed by atoms with Gasteiger partial charge in [0.1, 0.15) is 11.0 Å². The zero-order chi connectivity index (χ0) is 18.1. The summed E-state index contributed by atoms with van der Waals surface area (Å²) in [5.74, 6) is 0.195. The standard InChI is InChI=1S/C15H27N5O3S/c1-9(2)7-8-17-13(21)12(19-14(16)22)10(3)5-6-11-18-15(23-4)20-24-11/h9-10,12H,5-8H2,1-4H3,(H,17,21)(H3,16,19,22)/t10-,12-/m0/s1. The number of ether oxygens (including phenoxy) is 1. The maximum absolute atomic E-state index is 12.3. The van der Waals surface area contributed by atoms with Crippen molar-refractivity contribution in [3.8, 4) is 6.01 Å². The van der Waals surface area contributed by atoms with E-state index in [4.69, 9.17) is 10.5 Å². The second-order valence-electron chi connectivity index (χ2n) is 6.15. The molecule has 0 radical (unpaired) electrons. The van der Waals surface area contributed by atoms with E-state index in [2.05, 4.69) is 33.8 Å². The number of amides is 3. The van der Waals surface area contributed by atoms with Crippen molar-refractivity contribution in [2.75, 3.05) is 13.7 Å². The van der Waals surface area contributed by atoms with Gasteiger partial charge in [-0.2, -0.15) is 4.98 Å². The summed E-state index contributed by atoms with van der Waals surface area (Å²) in [6.45, 7) is 6.66. The van der Waals surface area contributed by atoms with E-state index in [0.717, 1.165) is 11.4 Å². The molecule has 0 aliphatic heterocycles. The predicted octanol–water partition coefficient (Wildman–Crippen LogP) is 1.31. The number of hydrogen-bond acceptors (Lipinski definition) is 6. The van der Waals surface area contributed by atoms with Crippen molar-refractivity contribution in [1.29, 1.82) is 0 Å². The molecule has 0 aromatic carbocycles. The predicted molar refractivity (Wildman–Crippen MR) is 92.9 cm³/mol. The lowest BCUT2D eigenvalue weighted by atomic mass is 9.95. The van der Waals surface area contributed by atoms with E-state index in [-0.39, 0.29) is 11.8 Å². The molecule has 9 heteroatoms. The SMILES string of the molecule is COc1nsc(CC[C@H](C)[C@H](NC(N)=O)C(=O)NCCC(C)C)n1. The van der Waals surface area contributed by atoms with Crippen LogP contribution in [0.4, 0.5) is 4.79 Å². The fourth-order valence-electron chi connectivity index (χ4n) is 2.15. The quantitative estimate of drug-likeness (QED) is 0.583. The van der Waals surface area contributed by atoms with E-state index in [1.807, 2.05) is 6.92 Å². The van der Waals surface area contributed by atoms with Crippen molar-refractivity contribution in [3.63, 3.8) is 0 Å². The lowest BCUT2D eigenvalue weighted by Gasteiger charge is -2.23. The van der Waals surface area contributed by atoms with E-state index in [1.54, 1.807) is 0 Å². The van der Waals surface area contributed by atoms with Crippen LogP contribution in [0.2, 0.25) is 0 Å². The van der Waals surface area contributed by atoms with Gasteiger partial charge in [-0.1, -0.05) is 20.8 Å². The highest BCUT2D eigenvalue weighted by molar-refractivity contribution is 7.05. The summed E-state index contributed by atoms with van der Waals surface area (Å²) < 4.78 is 8.99. The molecule has 1 rings (SSSR count). The highest BCUT2D eigenvalue weighted by Gasteiger charge is 2.26. The van der Waals surface area contributed by atoms with Crippen LogP contribution in [0.1, 0.15) is 38.6 Å². The summed E-state index contributed by atoms with van der Waals surface area (Å²) in [5.41, 5.74) is 5.21. The van der Waals surface area contributed by atoms with Crippen LogP contribution in [0.25, 0.3) is 0 Å². The molecular formula is C15H27N5O3S. The molecule has 24 heavy (non-hydrogen) atoms. The molecule has 2 atom stereocenters. The monoisotopic (exact) mass is 357 g/mol. The van der Waals surface area contributed by atoms with Gasteiger partial charge in [0.05, 0.1) is 7.11 Å². The maximum atomic E-state index is 12.3. The molecule has 8 nitrogen and oxygen atoms in total. The minimum Gasteiger partial charge on any atom is -0.466 e. The van der Waals surface area contributed by atoms with Gasteiger partial charge < -0.3 is 21.1 Å². The molecule has 1 aromatic rings. The molecule has 0 spiro atoms. The Hall–Kier alpha value is -1.90. The number of rotatable bonds is 10. The number of nitrogens with zero attached hydrogens (tertiary/aromatic N) is 2. The fraction of sp³-hybridized carbons (Fsp3) is 0.733. The summed E-state index contributed by atoms with van der Waals surface area (Å²) in [5, 5.41) is 6.23. The van der Waals surface area contributed by atoms with E-state index in [0.29, 0.717) is 31.3 Å². The highest BCUT2D eigenvalue weighted by atomic mass is 32.1. The lowest BCUT2D eigenvalue weighted by Crippen LogP contribution is -2.52. The topological polar surface area (TPSA) is 119 Å². The summed E-state index contributed by atoms with van der Waals surface area (Å²) in [7, 11) is 1.52. The molecule has 0 aliphatic rings. The number of carbonyl (C=O) groups excluding carboxylic acids is 2. The summed E-state index contributed by atoms with van der Waals surface area (Å²) in [6, 6.07) is -1.02. The van der Waals surface area contributed by atoms with E-state index in [1.165, 1.54) is 18.6 Å². The van der Waals surface area contributed by atoms with Crippen LogP contribution in [0, 0.1) is 11.8 Å². The Bertz CT molecular complexity index is 535. The van der Waals surface area contributed by atoms with Crippen LogP contribution >= 0.6 is 11.5 Å². The molecule has 0 bridgehead atoms. The van der Waals surface area contributed by atoms with Gasteiger partial charge in [0, 0.05) is 13.0 Å². The summed E-state index contributed by atoms with van der Waals surface area (Å²) in [4.78, 5) is 27.8. The van der Waals surface area contributed by atoms with Crippen molar-refractivity contribution >= 4 is 23.5 Å². The Morgan fingerprint density at radius 2 is 2.00 bits per heavy atom. The Balaban J connectivity index is 2.57. The van der Waals surface area contributed by atoms with E-state index < -0.39 is 12.1 Å². The second-order valence-corrected chi connectivity index (χ2v) is 6.99. The molecule has 0 aliphatic carbocycles. The number of urea groups is 1. The molecule has 0 saturated heterocycles. The van der Waals surface area contributed by atoms with Gasteiger partial charge >= 0.3 is 12.0 Å². The third kappa shape index (κ3) is 7.12. The van der Waals surface area contributed by atoms with Crippen LogP contribution in [0.15, 0.2) is 0 Å². The number of aromatic nitrogens is 2. The lowest BCUT2D eigenvalue weighted by molar-refractivity contribution is -0.124. The molecule has 1 aromatic heterocycles. The molecule has 136 valence electrons. The Morgan fingerprint density at radius 1 is 1.29 bits per heavy atom. The normalized spacial score (nSPS) is 13.4. The number of methoxy groups -OCH3 is 1. The van der Waals surface area contributed by atoms with Crippen molar-refractivity contribution in [2.45, 2.75) is 46.1 Å². The first-order chi connectivity index (χ1) is 11.3. The Morgan fingerprint density at radius 3 is 2.54 bits per heavy atom. The van der Waals surface area contributed by atoms with Gasteiger partial charge in [0.2, 0.25) is 5.91 Å². The molecule has 0 unspecified atom stereocenters. The minimum absolute atomic E-state index is 0.0913. The summed E-state index contributed by atoms with van der Waals surface area (Å²) >= 11 is 1.27. The number of primary amides is 1. The number of aryl methyl sites for hydroxylation is 1. The van der Waals surface area contributed by atoms with Gasteiger partial charge in [0.25, 0.3) is 0 Å². The molecule has 3 amide bonds. The largest absolute Gasteiger partial charge is 0.466 e. The van der Waals surface area contributed by atoms with Gasteiger partial charge in [-0.3, -0.25) is 4.79 Å². The third-order valence-corrected chi connectivity index (χ3v) is 4.37. The minimum atomic E-state index is -0.705. The molecule has 4 N–H and O–H groups in total. The molecular weight excluding hydrogens is 330 g/mol. The number of nitrogens with one attached hydrogen (secondary N) is 2. The number of hydrogen-bond donors (Lipinski definition) is 3. The van der Waals surface area contributed by atoms with Gasteiger partial charge in [0.15, 0.2) is 0 Å². The van der Waals surface area contributed by atoms with Crippen LogP contribution in [0.5, 0.6) is 6.01 Å². The van der Waals surface area contributed by atoms with Crippen LogP contribution in [-0.2, 0) is 11.2 Å². The zero-order valence-electron chi connectivity index (χ0n) is 14.7. The van der Waals surface area contributed by atoms with Crippen molar-refractivity contribution in [2.24, 2.45) is 17.6 Å². The maximum Gasteiger partial charge on any atom is 0.328 e. The Kier molecular flexibility index (Phi) is 8.45. The first-order valence-corrected chi connectivity index (χ1v) is 8.81. The third-order valence-electron chi connectivity index (χ3n) is 3.62. The van der Waals surface area contributed by atoms with Crippen molar-refractivity contribution in [3.05, 3.63) is 5.01 Å². The Labute approximate surface area is 146 Å². The average Bonchev–Trinajstić information content (AvgIpc) is 2.97. The highest BCUT2D eigenvalue weighted by Crippen LogP contribution is 2.17. The van der Waals surface area contributed by atoms with Gasteiger partial charge in [-0.25, -0.2) is 4.79 Å². The second kappa shape index (κ2) is 10.1. The van der Waals surface area contributed by atoms with Crippen LogP contribution in [-0.4, -0.2) is 41.0 Å². The molecule has 0 saturated carbocycles. The van der Waals surface area contributed by atoms with Gasteiger partial charge in [-0.05, 0) is 36.2 Å². The molecule has 0 fully saturated rings. The van der Waals surface area contributed by atoms with Crippen LogP contribution < -0.4 is 21.1 Å². The first-order valence-electron chi connectivity index (χ1n) is 8.03. The van der Waals surface area contributed by atoms with E-state index >= 15 is 0 Å². The van der Waals surface area contributed by atoms with Crippen molar-refractivity contribution < 1.29 is 14.3 Å². The molecule has 1 heterocycles. The van der Waals surface area contributed by atoms with E-state index in [9.17, 15) is 9.59 Å². The number of carbonyl (C=O) groups is 2. The van der Waals surface area contributed by atoms with Gasteiger partial charge in [-0.15, -0.1) is 4.37 Å². The van der Waals surface area contributed by atoms with Crippen molar-refractivity contribution in [1.82, 2.24) is 20.0 Å². The zero-order valence-corrected chi connectivity index (χ0v) is 15.5. The first kappa shape index (κ1) is 20.1.